The van der Waals surface area contributed by atoms with E-state index in [1.165, 1.54) is 11.1 Å². The van der Waals surface area contributed by atoms with Crippen LogP contribution < -0.4 is 0 Å². The summed E-state index contributed by atoms with van der Waals surface area (Å²) >= 11 is 0. The summed E-state index contributed by atoms with van der Waals surface area (Å²) in [5, 5.41) is 9.67. The molecule has 0 aliphatic carbocycles. The van der Waals surface area contributed by atoms with Gasteiger partial charge in [0.05, 0.1) is 11.5 Å². The van der Waals surface area contributed by atoms with E-state index in [0.717, 1.165) is 25.7 Å². The zero-order valence-electron chi connectivity index (χ0n) is 13.1. The quantitative estimate of drug-likeness (QED) is 0.698. The largest absolute Gasteiger partial charge is 0.197 e. The summed E-state index contributed by atoms with van der Waals surface area (Å²) in [6, 6.07) is 11.3. The van der Waals surface area contributed by atoms with E-state index in [-0.39, 0.29) is 10.8 Å². The maximum atomic E-state index is 9.67. The van der Waals surface area contributed by atoms with Gasteiger partial charge in [0, 0.05) is 0 Å². The van der Waals surface area contributed by atoms with Crippen LogP contribution in [0.25, 0.3) is 0 Å². The second-order valence-electron chi connectivity index (χ2n) is 6.52. The standard InChI is InChI=1S/C18H27N/c1-6-12-18(14-19,13-7-2)16-10-8-15(9-11-16)17(3,4)5/h8-11H,6-7,12-13H2,1-5H3. The van der Waals surface area contributed by atoms with E-state index in [1.807, 2.05) is 0 Å². The highest BCUT2D eigenvalue weighted by atomic mass is 14.4. The summed E-state index contributed by atoms with van der Waals surface area (Å²) in [4.78, 5) is 0. The van der Waals surface area contributed by atoms with Crippen LogP contribution in [0.3, 0.4) is 0 Å². The van der Waals surface area contributed by atoms with Gasteiger partial charge in [-0.2, -0.15) is 5.26 Å². The molecule has 1 heteroatoms. The predicted octanol–water partition coefficient (Wildman–Crippen LogP) is 5.35. The van der Waals surface area contributed by atoms with Gasteiger partial charge in [-0.05, 0) is 29.4 Å². The lowest BCUT2D eigenvalue weighted by molar-refractivity contribution is 0.453. The maximum Gasteiger partial charge on any atom is 0.0822 e. The lowest BCUT2D eigenvalue weighted by Crippen LogP contribution is -2.24. The average molecular weight is 257 g/mol. The molecule has 104 valence electrons. The van der Waals surface area contributed by atoms with Gasteiger partial charge in [0.25, 0.3) is 0 Å². The van der Waals surface area contributed by atoms with E-state index in [0.29, 0.717) is 0 Å². The molecule has 0 saturated heterocycles. The van der Waals surface area contributed by atoms with Gasteiger partial charge < -0.3 is 0 Å². The van der Waals surface area contributed by atoms with Gasteiger partial charge >= 0.3 is 0 Å². The van der Waals surface area contributed by atoms with Crippen molar-refractivity contribution in [3.05, 3.63) is 35.4 Å². The van der Waals surface area contributed by atoms with Crippen molar-refractivity contribution in [1.29, 1.82) is 5.26 Å². The molecule has 0 amide bonds. The number of benzene rings is 1. The molecule has 0 aromatic heterocycles. The molecule has 0 saturated carbocycles. The Hall–Kier alpha value is -1.29. The minimum absolute atomic E-state index is 0.170. The summed E-state index contributed by atoms with van der Waals surface area (Å²) in [7, 11) is 0. The van der Waals surface area contributed by atoms with Crippen LogP contribution in [-0.4, -0.2) is 0 Å². The molecule has 0 spiro atoms. The lowest BCUT2D eigenvalue weighted by Gasteiger charge is -2.27. The first-order valence-electron chi connectivity index (χ1n) is 7.42. The summed E-state index contributed by atoms with van der Waals surface area (Å²) < 4.78 is 0. The normalized spacial score (nSPS) is 12.2. The van der Waals surface area contributed by atoms with Crippen molar-refractivity contribution in [3.8, 4) is 6.07 Å². The van der Waals surface area contributed by atoms with Crippen LogP contribution in [0.5, 0.6) is 0 Å². The topological polar surface area (TPSA) is 23.8 Å². The minimum Gasteiger partial charge on any atom is -0.197 e. The zero-order chi connectivity index (χ0) is 14.5. The number of rotatable bonds is 5. The molecule has 1 aromatic carbocycles. The van der Waals surface area contributed by atoms with Crippen molar-refractivity contribution in [1.82, 2.24) is 0 Å². The van der Waals surface area contributed by atoms with Crippen molar-refractivity contribution in [2.75, 3.05) is 0 Å². The minimum atomic E-state index is -0.292. The van der Waals surface area contributed by atoms with E-state index in [1.54, 1.807) is 0 Å². The SMILES string of the molecule is CCCC(C#N)(CCC)c1ccc(C(C)(C)C)cc1. The van der Waals surface area contributed by atoms with Crippen molar-refractivity contribution in [3.63, 3.8) is 0 Å². The predicted molar refractivity (Wildman–Crippen MR) is 82.2 cm³/mol. The summed E-state index contributed by atoms with van der Waals surface area (Å²) in [5.74, 6) is 0. The Labute approximate surface area is 118 Å². The van der Waals surface area contributed by atoms with Crippen LogP contribution in [0.2, 0.25) is 0 Å². The molecule has 0 unspecified atom stereocenters. The molecule has 0 aliphatic heterocycles. The fraction of sp³-hybridized carbons (Fsp3) is 0.611. The molecule has 0 aliphatic rings. The average Bonchev–Trinajstić information content (AvgIpc) is 2.37. The van der Waals surface area contributed by atoms with E-state index in [9.17, 15) is 5.26 Å². The van der Waals surface area contributed by atoms with Gasteiger partial charge in [0.2, 0.25) is 0 Å². The van der Waals surface area contributed by atoms with Crippen LogP contribution in [0, 0.1) is 11.3 Å². The first kappa shape index (κ1) is 15.8. The Morgan fingerprint density at radius 3 is 1.63 bits per heavy atom. The second-order valence-corrected chi connectivity index (χ2v) is 6.52. The van der Waals surface area contributed by atoms with E-state index in [4.69, 9.17) is 0 Å². The Bertz CT molecular complexity index is 422. The second kappa shape index (κ2) is 6.24. The molecule has 0 fully saturated rings. The van der Waals surface area contributed by atoms with Crippen molar-refractivity contribution in [2.24, 2.45) is 0 Å². The highest BCUT2D eigenvalue weighted by molar-refractivity contribution is 5.36. The zero-order valence-corrected chi connectivity index (χ0v) is 13.1. The van der Waals surface area contributed by atoms with Crippen molar-refractivity contribution in [2.45, 2.75) is 71.1 Å². The third-order valence-electron chi connectivity index (χ3n) is 3.87. The molecule has 0 N–H and O–H groups in total. The van der Waals surface area contributed by atoms with E-state index >= 15 is 0 Å². The van der Waals surface area contributed by atoms with Crippen LogP contribution in [-0.2, 0) is 10.8 Å². The van der Waals surface area contributed by atoms with Gasteiger partial charge in [-0.15, -0.1) is 0 Å². The highest BCUT2D eigenvalue weighted by Gasteiger charge is 2.30. The molecule has 1 aromatic rings. The molecule has 0 radical (unpaired) electrons. The van der Waals surface area contributed by atoms with Crippen LogP contribution in [0.4, 0.5) is 0 Å². The molecular weight excluding hydrogens is 230 g/mol. The van der Waals surface area contributed by atoms with Crippen LogP contribution >= 0.6 is 0 Å². The van der Waals surface area contributed by atoms with E-state index in [2.05, 4.69) is 65.0 Å². The third-order valence-corrected chi connectivity index (χ3v) is 3.87. The Kier molecular flexibility index (Phi) is 5.18. The maximum absolute atomic E-state index is 9.67. The number of nitrogens with zero attached hydrogens (tertiary/aromatic N) is 1. The molecule has 0 bridgehead atoms. The number of hydrogen-bond donors (Lipinski definition) is 0. The summed E-state index contributed by atoms with van der Waals surface area (Å²) in [6.45, 7) is 11.0. The fourth-order valence-electron chi connectivity index (χ4n) is 2.73. The van der Waals surface area contributed by atoms with Crippen LogP contribution in [0.1, 0.15) is 71.4 Å². The Morgan fingerprint density at radius 2 is 1.32 bits per heavy atom. The highest BCUT2D eigenvalue weighted by Crippen LogP contribution is 2.35. The van der Waals surface area contributed by atoms with Gasteiger partial charge in [-0.25, -0.2) is 0 Å². The first-order chi connectivity index (χ1) is 8.89. The van der Waals surface area contributed by atoms with Crippen molar-refractivity contribution >= 4 is 0 Å². The van der Waals surface area contributed by atoms with Gasteiger partial charge in [-0.3, -0.25) is 0 Å². The fourth-order valence-corrected chi connectivity index (χ4v) is 2.73. The number of hydrogen-bond acceptors (Lipinski definition) is 1. The third kappa shape index (κ3) is 3.60. The molecule has 0 atom stereocenters. The molecule has 1 nitrogen and oxygen atoms in total. The van der Waals surface area contributed by atoms with Crippen LogP contribution in [0.15, 0.2) is 24.3 Å². The summed E-state index contributed by atoms with van der Waals surface area (Å²) in [6.07, 6.45) is 4.00. The smallest absolute Gasteiger partial charge is 0.0822 e. The summed E-state index contributed by atoms with van der Waals surface area (Å²) in [5.41, 5.74) is 2.39. The molecule has 1 rings (SSSR count). The molecular formula is C18H27N. The Balaban J connectivity index is 3.15. The molecule has 0 heterocycles. The van der Waals surface area contributed by atoms with E-state index < -0.39 is 0 Å². The Morgan fingerprint density at radius 1 is 0.895 bits per heavy atom. The monoisotopic (exact) mass is 257 g/mol. The lowest BCUT2D eigenvalue weighted by atomic mass is 9.74. The van der Waals surface area contributed by atoms with Crippen molar-refractivity contribution < 1.29 is 0 Å². The number of nitriles is 1. The first-order valence-corrected chi connectivity index (χ1v) is 7.42. The van der Waals surface area contributed by atoms with Gasteiger partial charge in [0.15, 0.2) is 0 Å². The van der Waals surface area contributed by atoms with Gasteiger partial charge in [-0.1, -0.05) is 71.7 Å². The van der Waals surface area contributed by atoms with Gasteiger partial charge in [0.1, 0.15) is 0 Å². The molecule has 19 heavy (non-hydrogen) atoms.